The maximum Gasteiger partial charge on any atom is 0.244 e. The van der Waals surface area contributed by atoms with Crippen LogP contribution < -0.4 is 10.6 Å². The lowest BCUT2D eigenvalue weighted by atomic mass is 10.1. The molecular weight excluding hydrogens is 391 g/mol. The van der Waals surface area contributed by atoms with Crippen molar-refractivity contribution in [1.82, 2.24) is 15.5 Å². The minimum atomic E-state index is -0.363. The van der Waals surface area contributed by atoms with Gasteiger partial charge in [-0.05, 0) is 25.1 Å². The van der Waals surface area contributed by atoms with Gasteiger partial charge in [-0.1, -0.05) is 34.7 Å². The summed E-state index contributed by atoms with van der Waals surface area (Å²) in [7, 11) is 0. The van der Waals surface area contributed by atoms with Gasteiger partial charge >= 0.3 is 0 Å². The van der Waals surface area contributed by atoms with Crippen molar-refractivity contribution in [2.24, 2.45) is 0 Å². The molecule has 1 aromatic carbocycles. The normalized spacial score (nSPS) is 20.2. The molecule has 1 aliphatic rings. The number of halogens is 2. The Morgan fingerprint density at radius 1 is 1.54 bits per heavy atom. The zero-order valence-electron chi connectivity index (χ0n) is 12.7. The van der Waals surface area contributed by atoms with E-state index in [1.54, 1.807) is 11.6 Å². The number of hydrogen-bond donors (Lipinski definition) is 2. The van der Waals surface area contributed by atoms with Crippen molar-refractivity contribution in [3.05, 3.63) is 28.7 Å². The number of anilines is 1. The van der Waals surface area contributed by atoms with Crippen LogP contribution >= 0.6 is 47.1 Å². The first-order chi connectivity index (χ1) is 11.1. The molecule has 1 saturated heterocycles. The van der Waals surface area contributed by atoms with E-state index in [2.05, 4.69) is 20.8 Å². The molecule has 0 aliphatic carbocycles. The Kier molecular flexibility index (Phi) is 7.27. The van der Waals surface area contributed by atoms with Crippen LogP contribution in [0, 0.1) is 0 Å². The number of aromatic nitrogens is 2. The van der Waals surface area contributed by atoms with Crippen LogP contribution in [0.25, 0.3) is 0 Å². The van der Waals surface area contributed by atoms with Crippen molar-refractivity contribution in [1.29, 1.82) is 0 Å². The minimum Gasteiger partial charge on any atom is -0.375 e. The highest BCUT2D eigenvalue weighted by atomic mass is 35.5. The topological polar surface area (TPSA) is 76.1 Å². The highest BCUT2D eigenvalue weighted by molar-refractivity contribution is 8.01. The van der Waals surface area contributed by atoms with Crippen LogP contribution in [0.5, 0.6) is 0 Å². The molecule has 2 atom stereocenters. The second kappa shape index (κ2) is 8.98. The summed E-state index contributed by atoms with van der Waals surface area (Å²) in [5.41, 5.74) is 2.33. The second-order valence-electron chi connectivity index (χ2n) is 4.95. The van der Waals surface area contributed by atoms with Gasteiger partial charge in [-0.2, -0.15) is 0 Å². The third-order valence-electron chi connectivity index (χ3n) is 3.34. The molecule has 0 radical (unpaired) electrons. The molecular formula is C14H16Cl2N4O2S2. The molecule has 0 saturated carbocycles. The van der Waals surface area contributed by atoms with Crippen LogP contribution in [0.1, 0.15) is 6.92 Å². The smallest absolute Gasteiger partial charge is 0.244 e. The number of carbonyl (C=O) groups is 1. The first-order valence-electron chi connectivity index (χ1n) is 7.03. The van der Waals surface area contributed by atoms with Gasteiger partial charge in [0.25, 0.3) is 0 Å². The standard InChI is InChI=1S/C14H15ClN4O2S2.ClH/c1-8-12(16-4-5-21-8)13(20)18-9-2-3-11(10(15)6-9)23-14-19-17-7-22-14;/h2-3,6-8,12,16H,4-5H2,1H3,(H,18,20);1H/t8-,12+;/m1./s1. The quantitative estimate of drug-likeness (QED) is 0.812. The first-order valence-corrected chi connectivity index (χ1v) is 9.10. The van der Waals surface area contributed by atoms with Crippen molar-refractivity contribution in [2.75, 3.05) is 18.5 Å². The van der Waals surface area contributed by atoms with E-state index >= 15 is 0 Å². The maximum absolute atomic E-state index is 12.3. The zero-order chi connectivity index (χ0) is 16.2. The Hall–Kier alpha value is -0.900. The molecule has 130 valence electrons. The molecule has 6 nitrogen and oxygen atoms in total. The molecule has 1 aliphatic heterocycles. The van der Waals surface area contributed by atoms with E-state index in [4.69, 9.17) is 16.3 Å². The van der Waals surface area contributed by atoms with Gasteiger partial charge in [-0.25, -0.2) is 0 Å². The van der Waals surface area contributed by atoms with Gasteiger partial charge in [0.15, 0.2) is 4.34 Å². The van der Waals surface area contributed by atoms with E-state index in [0.717, 1.165) is 9.24 Å². The van der Waals surface area contributed by atoms with E-state index in [-0.39, 0.29) is 30.5 Å². The number of benzene rings is 1. The molecule has 1 amide bonds. The van der Waals surface area contributed by atoms with E-state index in [1.807, 2.05) is 19.1 Å². The molecule has 2 N–H and O–H groups in total. The van der Waals surface area contributed by atoms with Crippen molar-refractivity contribution >= 4 is 58.7 Å². The average Bonchev–Trinajstić information content (AvgIpc) is 3.03. The van der Waals surface area contributed by atoms with Crippen LogP contribution in [0.15, 0.2) is 32.9 Å². The Morgan fingerprint density at radius 2 is 2.38 bits per heavy atom. The Bertz CT molecular complexity index is 687. The third-order valence-corrected chi connectivity index (χ3v) is 5.61. The summed E-state index contributed by atoms with van der Waals surface area (Å²) in [5, 5.41) is 14.4. The van der Waals surface area contributed by atoms with Crippen LogP contribution in [0.3, 0.4) is 0 Å². The molecule has 0 unspecified atom stereocenters. The van der Waals surface area contributed by atoms with Crippen molar-refractivity contribution in [2.45, 2.75) is 28.3 Å². The average molecular weight is 407 g/mol. The Morgan fingerprint density at radius 3 is 3.04 bits per heavy atom. The van der Waals surface area contributed by atoms with Crippen molar-refractivity contribution < 1.29 is 9.53 Å². The van der Waals surface area contributed by atoms with Gasteiger partial charge in [0.2, 0.25) is 5.91 Å². The zero-order valence-corrected chi connectivity index (χ0v) is 15.9. The van der Waals surface area contributed by atoms with E-state index < -0.39 is 0 Å². The van der Waals surface area contributed by atoms with Gasteiger partial charge in [0.1, 0.15) is 11.6 Å². The SMILES string of the molecule is C[C@H]1OCCN[C@@H]1C(=O)Nc1ccc(Sc2nncs2)c(Cl)c1.Cl. The lowest BCUT2D eigenvalue weighted by molar-refractivity contribution is -0.123. The van der Waals surface area contributed by atoms with Crippen LogP contribution in [-0.4, -0.2) is 41.4 Å². The Balaban J connectivity index is 0.00000208. The van der Waals surface area contributed by atoms with Crippen molar-refractivity contribution in [3.8, 4) is 0 Å². The molecule has 0 spiro atoms. The second-order valence-corrected chi connectivity index (χ2v) is 7.48. The highest BCUT2D eigenvalue weighted by Crippen LogP contribution is 2.35. The predicted octanol–water partition coefficient (Wildman–Crippen LogP) is 3.08. The summed E-state index contributed by atoms with van der Waals surface area (Å²) in [6.07, 6.45) is -0.161. The lowest BCUT2D eigenvalue weighted by Crippen LogP contribution is -2.53. The number of nitrogens with zero attached hydrogens (tertiary/aromatic N) is 2. The summed E-state index contributed by atoms with van der Waals surface area (Å²) in [5.74, 6) is -0.127. The number of ether oxygens (including phenoxy) is 1. The number of rotatable bonds is 4. The molecule has 3 rings (SSSR count). The first kappa shape index (κ1) is 19.4. The Labute approximate surface area is 159 Å². The van der Waals surface area contributed by atoms with Gasteiger partial charge in [0, 0.05) is 17.1 Å². The fourth-order valence-corrected chi connectivity index (χ4v) is 3.94. The largest absolute Gasteiger partial charge is 0.375 e. The fourth-order valence-electron chi connectivity index (χ4n) is 2.21. The van der Waals surface area contributed by atoms with Gasteiger partial charge in [0.05, 0.1) is 17.7 Å². The minimum absolute atomic E-state index is 0. The summed E-state index contributed by atoms with van der Waals surface area (Å²) in [6, 6.07) is 5.05. The monoisotopic (exact) mass is 406 g/mol. The lowest BCUT2D eigenvalue weighted by Gasteiger charge is -2.29. The molecule has 24 heavy (non-hydrogen) atoms. The number of hydrogen-bond acceptors (Lipinski definition) is 7. The number of amides is 1. The van der Waals surface area contributed by atoms with Crippen molar-refractivity contribution in [3.63, 3.8) is 0 Å². The van der Waals surface area contributed by atoms with Crippen LogP contribution in [0.2, 0.25) is 5.02 Å². The van der Waals surface area contributed by atoms with Gasteiger partial charge < -0.3 is 15.4 Å². The summed E-state index contributed by atoms with van der Waals surface area (Å²) in [6.45, 7) is 3.17. The van der Waals surface area contributed by atoms with E-state index in [1.165, 1.54) is 23.1 Å². The molecule has 2 aromatic rings. The number of carbonyl (C=O) groups excluding carboxylic acids is 1. The van der Waals surface area contributed by atoms with Gasteiger partial charge in [-0.3, -0.25) is 4.79 Å². The molecule has 2 heterocycles. The molecule has 0 bridgehead atoms. The fraction of sp³-hybridized carbons (Fsp3) is 0.357. The predicted molar refractivity (Wildman–Crippen MR) is 98.6 cm³/mol. The van der Waals surface area contributed by atoms with Crippen LogP contribution in [-0.2, 0) is 9.53 Å². The maximum atomic E-state index is 12.3. The van der Waals surface area contributed by atoms with E-state index in [0.29, 0.717) is 23.9 Å². The van der Waals surface area contributed by atoms with Crippen LogP contribution in [0.4, 0.5) is 5.69 Å². The number of morpholine rings is 1. The molecule has 1 fully saturated rings. The molecule has 10 heteroatoms. The summed E-state index contributed by atoms with van der Waals surface area (Å²) in [4.78, 5) is 13.2. The number of nitrogens with one attached hydrogen (secondary N) is 2. The highest BCUT2D eigenvalue weighted by Gasteiger charge is 2.28. The summed E-state index contributed by atoms with van der Waals surface area (Å²) >= 11 is 9.18. The summed E-state index contributed by atoms with van der Waals surface area (Å²) < 4.78 is 6.31. The molecule has 1 aromatic heterocycles. The van der Waals surface area contributed by atoms with Gasteiger partial charge in [-0.15, -0.1) is 22.6 Å². The van der Waals surface area contributed by atoms with E-state index in [9.17, 15) is 4.79 Å². The third kappa shape index (κ3) is 4.81.